The number of carboxylic acids is 1. The monoisotopic (exact) mass is 265 g/mol. The molecule has 0 unspecified atom stereocenters. The Kier molecular flexibility index (Phi) is 2.83. The molecule has 18 heavy (non-hydrogen) atoms. The van der Waals surface area contributed by atoms with E-state index in [0.29, 0.717) is 11.2 Å². The maximum absolute atomic E-state index is 10.6. The molecule has 1 aliphatic carbocycles. The van der Waals surface area contributed by atoms with Gasteiger partial charge in [0.05, 0.1) is 17.6 Å². The zero-order valence-electron chi connectivity index (χ0n) is 9.44. The third kappa shape index (κ3) is 2.13. The fraction of sp³-hybridized carbons (Fsp3) is 0.364. The van der Waals surface area contributed by atoms with Gasteiger partial charge < -0.3 is 9.52 Å². The topological polar surface area (TPSA) is 81.2 Å². The van der Waals surface area contributed by atoms with Crippen LogP contribution >= 0.6 is 11.8 Å². The van der Waals surface area contributed by atoms with Crippen LogP contribution in [0.3, 0.4) is 0 Å². The van der Waals surface area contributed by atoms with Crippen LogP contribution in [0.1, 0.15) is 18.9 Å². The molecular formula is C11H11N3O3S. The number of aliphatic carboxylic acids is 1. The van der Waals surface area contributed by atoms with Crippen LogP contribution in [0.2, 0.25) is 0 Å². The Morgan fingerprint density at radius 1 is 1.56 bits per heavy atom. The second-order valence-corrected chi connectivity index (χ2v) is 5.04. The van der Waals surface area contributed by atoms with E-state index >= 15 is 0 Å². The summed E-state index contributed by atoms with van der Waals surface area (Å²) in [7, 11) is 0. The van der Waals surface area contributed by atoms with Crippen LogP contribution in [0.15, 0.2) is 28.2 Å². The van der Waals surface area contributed by atoms with Crippen molar-refractivity contribution in [3.05, 3.63) is 18.6 Å². The fourth-order valence-corrected chi connectivity index (χ4v) is 2.48. The number of hydrogen-bond acceptors (Lipinski definition) is 5. The summed E-state index contributed by atoms with van der Waals surface area (Å²) in [5.74, 6) is -0.106. The number of carbonyl (C=O) groups is 1. The third-order valence-corrected chi connectivity index (χ3v) is 3.61. The zero-order valence-corrected chi connectivity index (χ0v) is 10.3. The molecule has 0 spiro atoms. The van der Waals surface area contributed by atoms with Crippen LogP contribution in [0, 0.1) is 0 Å². The van der Waals surface area contributed by atoms with E-state index in [1.807, 2.05) is 10.6 Å². The molecule has 0 radical (unpaired) electrons. The highest BCUT2D eigenvalue weighted by Gasteiger charge is 2.30. The van der Waals surface area contributed by atoms with Gasteiger partial charge in [-0.1, -0.05) is 11.8 Å². The van der Waals surface area contributed by atoms with Crippen molar-refractivity contribution in [2.75, 3.05) is 5.75 Å². The van der Waals surface area contributed by atoms with Crippen LogP contribution in [0.4, 0.5) is 0 Å². The standard InChI is InChI=1S/C11H11N3O3S/c15-9(16)6-18-11-13-12-10(7-3-4-17-5-7)14(11)8-1-2-8/h3-5,8H,1-2,6H2,(H,15,16). The number of hydrogen-bond donors (Lipinski definition) is 1. The minimum atomic E-state index is -0.852. The predicted molar refractivity (Wildman–Crippen MR) is 64.4 cm³/mol. The maximum Gasteiger partial charge on any atom is 0.313 e. The molecule has 0 atom stereocenters. The lowest BCUT2D eigenvalue weighted by Crippen LogP contribution is -2.03. The summed E-state index contributed by atoms with van der Waals surface area (Å²) < 4.78 is 7.06. The average molecular weight is 265 g/mol. The van der Waals surface area contributed by atoms with Crippen LogP contribution in [0.5, 0.6) is 0 Å². The molecular weight excluding hydrogens is 254 g/mol. The van der Waals surface area contributed by atoms with E-state index < -0.39 is 5.97 Å². The van der Waals surface area contributed by atoms with Crippen molar-refractivity contribution in [2.45, 2.75) is 24.0 Å². The molecule has 0 aromatic carbocycles. The van der Waals surface area contributed by atoms with Gasteiger partial charge in [0.1, 0.15) is 6.26 Å². The van der Waals surface area contributed by atoms with Gasteiger partial charge in [-0.2, -0.15) is 0 Å². The first kappa shape index (κ1) is 11.3. The third-order valence-electron chi connectivity index (χ3n) is 2.68. The van der Waals surface area contributed by atoms with Gasteiger partial charge in [0.15, 0.2) is 11.0 Å². The summed E-state index contributed by atoms with van der Waals surface area (Å²) in [6.07, 6.45) is 5.38. The maximum atomic E-state index is 10.6. The smallest absolute Gasteiger partial charge is 0.313 e. The lowest BCUT2D eigenvalue weighted by Gasteiger charge is -2.06. The molecule has 94 valence electrons. The van der Waals surface area contributed by atoms with Crippen molar-refractivity contribution in [2.24, 2.45) is 0 Å². The van der Waals surface area contributed by atoms with Crippen LogP contribution in [-0.2, 0) is 4.79 Å². The van der Waals surface area contributed by atoms with Gasteiger partial charge in [0.2, 0.25) is 0 Å². The van der Waals surface area contributed by atoms with E-state index in [1.165, 1.54) is 11.8 Å². The lowest BCUT2D eigenvalue weighted by atomic mass is 10.3. The summed E-state index contributed by atoms with van der Waals surface area (Å²) >= 11 is 1.20. The van der Waals surface area contributed by atoms with Crippen LogP contribution in [-0.4, -0.2) is 31.6 Å². The van der Waals surface area contributed by atoms with Crippen LogP contribution in [0.25, 0.3) is 11.4 Å². The Hall–Kier alpha value is -1.76. The zero-order chi connectivity index (χ0) is 12.5. The number of rotatable bonds is 5. The van der Waals surface area contributed by atoms with E-state index in [4.69, 9.17) is 9.52 Å². The molecule has 2 aromatic heterocycles. The highest BCUT2D eigenvalue weighted by Crippen LogP contribution is 2.41. The molecule has 0 saturated heterocycles. The first-order valence-corrected chi connectivity index (χ1v) is 6.56. The van der Waals surface area contributed by atoms with Gasteiger partial charge in [-0.3, -0.25) is 9.36 Å². The summed E-state index contributed by atoms with van der Waals surface area (Å²) in [6, 6.07) is 2.22. The summed E-state index contributed by atoms with van der Waals surface area (Å²) in [6.45, 7) is 0. The van der Waals surface area contributed by atoms with Gasteiger partial charge in [0, 0.05) is 6.04 Å². The van der Waals surface area contributed by atoms with Gasteiger partial charge in [-0.25, -0.2) is 0 Å². The largest absolute Gasteiger partial charge is 0.481 e. The van der Waals surface area contributed by atoms with E-state index in [1.54, 1.807) is 12.5 Å². The fourth-order valence-electron chi connectivity index (χ4n) is 1.75. The highest BCUT2D eigenvalue weighted by molar-refractivity contribution is 7.99. The minimum absolute atomic E-state index is 0.00373. The molecule has 0 amide bonds. The molecule has 0 aliphatic heterocycles. The molecule has 2 heterocycles. The number of nitrogens with zero attached hydrogens (tertiary/aromatic N) is 3. The quantitative estimate of drug-likeness (QED) is 0.833. The molecule has 1 saturated carbocycles. The lowest BCUT2D eigenvalue weighted by molar-refractivity contribution is -0.133. The molecule has 1 N–H and O–H groups in total. The Bertz CT molecular complexity index is 560. The Labute approximate surface area is 107 Å². The first-order valence-electron chi connectivity index (χ1n) is 5.58. The van der Waals surface area contributed by atoms with E-state index in [-0.39, 0.29) is 5.75 Å². The van der Waals surface area contributed by atoms with E-state index in [0.717, 1.165) is 24.2 Å². The van der Waals surface area contributed by atoms with Crippen molar-refractivity contribution in [3.63, 3.8) is 0 Å². The predicted octanol–water partition coefficient (Wildman–Crippen LogP) is 2.05. The van der Waals surface area contributed by atoms with Crippen molar-refractivity contribution in [1.29, 1.82) is 0 Å². The average Bonchev–Trinajstić information content (AvgIpc) is 2.90. The number of aromatic nitrogens is 3. The van der Waals surface area contributed by atoms with Crippen molar-refractivity contribution in [1.82, 2.24) is 14.8 Å². The molecule has 6 nitrogen and oxygen atoms in total. The van der Waals surface area contributed by atoms with E-state index in [9.17, 15) is 4.79 Å². The van der Waals surface area contributed by atoms with Crippen LogP contribution < -0.4 is 0 Å². The second-order valence-electron chi connectivity index (χ2n) is 4.10. The van der Waals surface area contributed by atoms with Crippen molar-refractivity contribution < 1.29 is 14.3 Å². The Balaban J connectivity index is 1.93. The highest BCUT2D eigenvalue weighted by atomic mass is 32.2. The second kappa shape index (κ2) is 4.49. The summed E-state index contributed by atoms with van der Waals surface area (Å²) in [5.41, 5.74) is 0.872. The Morgan fingerprint density at radius 3 is 3.00 bits per heavy atom. The number of carboxylic acid groups (broad SMARTS) is 1. The minimum Gasteiger partial charge on any atom is -0.481 e. The molecule has 2 aromatic rings. The summed E-state index contributed by atoms with van der Waals surface area (Å²) in [4.78, 5) is 10.6. The molecule has 1 fully saturated rings. The molecule has 1 aliphatic rings. The molecule has 0 bridgehead atoms. The van der Waals surface area contributed by atoms with Crippen molar-refractivity contribution in [3.8, 4) is 11.4 Å². The normalized spacial score (nSPS) is 14.9. The van der Waals surface area contributed by atoms with Gasteiger partial charge >= 0.3 is 5.97 Å². The number of furan rings is 1. The summed E-state index contributed by atoms with van der Waals surface area (Å²) in [5, 5.41) is 17.6. The Morgan fingerprint density at radius 2 is 2.39 bits per heavy atom. The molecule has 3 rings (SSSR count). The van der Waals surface area contributed by atoms with Gasteiger partial charge in [-0.15, -0.1) is 10.2 Å². The SMILES string of the molecule is O=C(O)CSc1nnc(-c2ccoc2)n1C1CC1. The van der Waals surface area contributed by atoms with E-state index in [2.05, 4.69) is 10.2 Å². The molecule has 7 heteroatoms. The number of thioether (sulfide) groups is 1. The van der Waals surface area contributed by atoms with Crippen molar-refractivity contribution >= 4 is 17.7 Å². The van der Waals surface area contributed by atoms with Gasteiger partial charge in [-0.05, 0) is 18.9 Å². The first-order chi connectivity index (χ1) is 8.75. The van der Waals surface area contributed by atoms with Gasteiger partial charge in [0.25, 0.3) is 0 Å².